The molecule has 1 aromatic carbocycles. The van der Waals surface area contributed by atoms with Crippen molar-refractivity contribution >= 4 is 28.2 Å². The lowest BCUT2D eigenvalue weighted by molar-refractivity contribution is -0.384. The van der Waals surface area contributed by atoms with E-state index >= 15 is 0 Å². The van der Waals surface area contributed by atoms with Crippen molar-refractivity contribution in [2.75, 3.05) is 23.4 Å². The molecule has 0 bridgehead atoms. The summed E-state index contributed by atoms with van der Waals surface area (Å²) in [6.45, 7) is 2.38. The molecule has 2 unspecified atom stereocenters. The van der Waals surface area contributed by atoms with Crippen molar-refractivity contribution in [3.05, 3.63) is 34.4 Å². The molecule has 0 radical (unpaired) electrons. The standard InChI is InChI=1S/C13H17N3O4S/c1-10-6-8-21(20)9-7-15(10)13(17)14-11-2-4-12(5-3-11)16(18)19/h2-5,10H,6-9H2,1H3,(H,14,17). The van der Waals surface area contributed by atoms with E-state index in [-0.39, 0.29) is 17.8 Å². The number of hydrogen-bond donors (Lipinski definition) is 1. The van der Waals surface area contributed by atoms with Crippen molar-refractivity contribution in [1.29, 1.82) is 0 Å². The largest absolute Gasteiger partial charge is 0.322 e. The lowest BCUT2D eigenvalue weighted by Gasteiger charge is -2.26. The summed E-state index contributed by atoms with van der Waals surface area (Å²) in [6, 6.07) is 5.44. The second kappa shape index (κ2) is 6.66. The van der Waals surface area contributed by atoms with Gasteiger partial charge in [-0.25, -0.2) is 4.79 Å². The number of nitrogens with one attached hydrogen (secondary N) is 1. The molecule has 1 aromatic rings. The molecule has 1 fully saturated rings. The Balaban J connectivity index is 2.02. The van der Waals surface area contributed by atoms with Crippen molar-refractivity contribution in [3.8, 4) is 0 Å². The van der Waals surface area contributed by atoms with E-state index in [0.29, 0.717) is 30.2 Å². The maximum Gasteiger partial charge on any atom is 0.322 e. The predicted octanol–water partition coefficient (Wildman–Crippen LogP) is 1.97. The summed E-state index contributed by atoms with van der Waals surface area (Å²) in [7, 11) is -0.867. The number of nitro groups is 1. The molecule has 1 aliphatic heterocycles. The highest BCUT2D eigenvalue weighted by atomic mass is 32.2. The fourth-order valence-corrected chi connectivity index (χ4v) is 3.35. The van der Waals surface area contributed by atoms with Gasteiger partial charge >= 0.3 is 6.03 Å². The number of rotatable bonds is 2. The minimum Gasteiger partial charge on any atom is -0.321 e. The van der Waals surface area contributed by atoms with Gasteiger partial charge in [0.15, 0.2) is 0 Å². The number of anilines is 1. The van der Waals surface area contributed by atoms with Gasteiger partial charge < -0.3 is 10.2 Å². The highest BCUT2D eigenvalue weighted by molar-refractivity contribution is 7.85. The minimum atomic E-state index is -0.867. The molecule has 21 heavy (non-hydrogen) atoms. The second-order valence-corrected chi connectivity index (χ2v) is 6.61. The third-order valence-electron chi connectivity index (χ3n) is 3.45. The van der Waals surface area contributed by atoms with Gasteiger partial charge in [0, 0.05) is 52.7 Å². The lowest BCUT2D eigenvalue weighted by Crippen LogP contribution is -2.42. The molecule has 1 aliphatic rings. The van der Waals surface area contributed by atoms with Crippen LogP contribution in [0, 0.1) is 10.1 Å². The summed E-state index contributed by atoms with van der Waals surface area (Å²) in [5, 5.41) is 13.3. The first-order valence-corrected chi connectivity index (χ1v) is 8.13. The highest BCUT2D eigenvalue weighted by Crippen LogP contribution is 2.17. The van der Waals surface area contributed by atoms with Crippen LogP contribution in [0.3, 0.4) is 0 Å². The number of hydrogen-bond acceptors (Lipinski definition) is 4. The number of nitro benzene ring substituents is 1. The minimum absolute atomic E-state index is 0.0217. The normalized spacial score (nSPS) is 22.4. The first-order valence-electron chi connectivity index (χ1n) is 6.64. The fraction of sp³-hybridized carbons (Fsp3) is 0.462. The molecular weight excluding hydrogens is 294 g/mol. The topological polar surface area (TPSA) is 92.6 Å². The smallest absolute Gasteiger partial charge is 0.321 e. The van der Waals surface area contributed by atoms with Crippen LogP contribution in [0.2, 0.25) is 0 Å². The molecule has 1 N–H and O–H groups in total. The van der Waals surface area contributed by atoms with E-state index in [4.69, 9.17) is 0 Å². The Kier molecular flexibility index (Phi) is 4.89. The van der Waals surface area contributed by atoms with Crippen LogP contribution in [-0.4, -0.2) is 44.2 Å². The van der Waals surface area contributed by atoms with Gasteiger partial charge in [-0.3, -0.25) is 14.3 Å². The average molecular weight is 311 g/mol. The van der Waals surface area contributed by atoms with Crippen LogP contribution in [0.15, 0.2) is 24.3 Å². The van der Waals surface area contributed by atoms with Crippen LogP contribution in [0.1, 0.15) is 13.3 Å². The van der Waals surface area contributed by atoms with Crippen LogP contribution in [0.5, 0.6) is 0 Å². The Hall–Kier alpha value is -1.96. The molecule has 2 amide bonds. The zero-order valence-corrected chi connectivity index (χ0v) is 12.5. The predicted molar refractivity (Wildman–Crippen MR) is 80.8 cm³/mol. The van der Waals surface area contributed by atoms with Crippen LogP contribution in [0.25, 0.3) is 0 Å². The first-order chi connectivity index (χ1) is 9.97. The van der Waals surface area contributed by atoms with Crippen molar-refractivity contribution in [2.24, 2.45) is 0 Å². The summed E-state index contributed by atoms with van der Waals surface area (Å²) >= 11 is 0. The van der Waals surface area contributed by atoms with Crippen LogP contribution < -0.4 is 5.32 Å². The summed E-state index contributed by atoms with van der Waals surface area (Å²) in [5.41, 5.74) is 0.481. The van der Waals surface area contributed by atoms with Crippen molar-refractivity contribution in [3.63, 3.8) is 0 Å². The van der Waals surface area contributed by atoms with E-state index in [1.54, 1.807) is 4.90 Å². The summed E-state index contributed by atoms with van der Waals surface area (Å²) < 4.78 is 11.5. The maximum absolute atomic E-state index is 12.2. The molecule has 7 nitrogen and oxygen atoms in total. The molecular formula is C13H17N3O4S. The SMILES string of the molecule is CC1CCS(=O)CCN1C(=O)Nc1ccc([N+](=O)[O-])cc1. The van der Waals surface area contributed by atoms with Gasteiger partial charge in [-0.15, -0.1) is 0 Å². The molecule has 0 aromatic heterocycles. The van der Waals surface area contributed by atoms with Gasteiger partial charge in [-0.05, 0) is 25.5 Å². The fourth-order valence-electron chi connectivity index (χ4n) is 2.14. The Morgan fingerprint density at radius 2 is 2.05 bits per heavy atom. The summed E-state index contributed by atoms with van der Waals surface area (Å²) in [6.07, 6.45) is 0.709. The molecule has 1 saturated heterocycles. The summed E-state index contributed by atoms with van der Waals surface area (Å²) in [4.78, 5) is 24.0. The monoisotopic (exact) mass is 311 g/mol. The molecule has 2 rings (SSSR count). The average Bonchev–Trinajstić information content (AvgIpc) is 2.61. The first kappa shape index (κ1) is 15.4. The highest BCUT2D eigenvalue weighted by Gasteiger charge is 2.24. The van der Waals surface area contributed by atoms with Gasteiger partial charge in [0.1, 0.15) is 0 Å². The van der Waals surface area contributed by atoms with Gasteiger partial charge in [0.2, 0.25) is 0 Å². The molecule has 8 heteroatoms. The zero-order chi connectivity index (χ0) is 15.4. The number of urea groups is 1. The van der Waals surface area contributed by atoms with Crippen LogP contribution >= 0.6 is 0 Å². The third-order valence-corrected chi connectivity index (χ3v) is 4.77. The van der Waals surface area contributed by atoms with E-state index in [1.165, 1.54) is 24.3 Å². The zero-order valence-electron chi connectivity index (χ0n) is 11.7. The molecule has 114 valence electrons. The molecule has 1 heterocycles. The van der Waals surface area contributed by atoms with Gasteiger partial charge in [-0.1, -0.05) is 0 Å². The van der Waals surface area contributed by atoms with E-state index < -0.39 is 15.7 Å². The number of nitrogens with zero attached hydrogens (tertiary/aromatic N) is 2. The number of carbonyl (C=O) groups is 1. The van der Waals surface area contributed by atoms with E-state index in [1.807, 2.05) is 6.92 Å². The molecule has 0 spiro atoms. The molecule has 2 atom stereocenters. The van der Waals surface area contributed by atoms with E-state index in [9.17, 15) is 19.1 Å². The Morgan fingerprint density at radius 1 is 1.38 bits per heavy atom. The van der Waals surface area contributed by atoms with Crippen LogP contribution in [0.4, 0.5) is 16.2 Å². The van der Waals surface area contributed by atoms with Gasteiger partial charge in [0.25, 0.3) is 5.69 Å². The molecule has 0 aliphatic carbocycles. The Labute approximate surface area is 124 Å². The lowest BCUT2D eigenvalue weighted by atomic mass is 10.2. The number of benzene rings is 1. The second-order valence-electron chi connectivity index (χ2n) is 4.91. The van der Waals surface area contributed by atoms with Gasteiger partial charge in [0.05, 0.1) is 4.92 Å². The van der Waals surface area contributed by atoms with Crippen molar-refractivity contribution in [2.45, 2.75) is 19.4 Å². The van der Waals surface area contributed by atoms with Crippen molar-refractivity contribution < 1.29 is 13.9 Å². The van der Waals surface area contributed by atoms with Gasteiger partial charge in [-0.2, -0.15) is 0 Å². The van der Waals surface area contributed by atoms with E-state index in [2.05, 4.69) is 5.32 Å². The Bertz CT molecular complexity index is 561. The van der Waals surface area contributed by atoms with E-state index in [0.717, 1.165) is 0 Å². The van der Waals surface area contributed by atoms with Crippen molar-refractivity contribution in [1.82, 2.24) is 4.90 Å². The van der Waals surface area contributed by atoms with Crippen LogP contribution in [-0.2, 0) is 10.8 Å². The third kappa shape index (κ3) is 4.01. The number of amides is 2. The number of non-ortho nitro benzene ring substituents is 1. The molecule has 0 saturated carbocycles. The number of carbonyl (C=O) groups excluding carboxylic acids is 1. The quantitative estimate of drug-likeness (QED) is 0.667. The maximum atomic E-state index is 12.2. The summed E-state index contributed by atoms with van der Waals surface area (Å²) in [5.74, 6) is 1.10. The Morgan fingerprint density at radius 3 is 2.67 bits per heavy atom.